The molecule has 0 aromatic carbocycles. The highest BCUT2D eigenvalue weighted by molar-refractivity contribution is 4.94. The molecule has 4 rings (SSSR count). The summed E-state index contributed by atoms with van der Waals surface area (Å²) in [4.78, 5) is 0. The summed E-state index contributed by atoms with van der Waals surface area (Å²) in [5.41, 5.74) is 0. The fraction of sp³-hybridized carbons (Fsp3) is 0.944. The monoisotopic (exact) mass is 350 g/mol. The van der Waals surface area contributed by atoms with Crippen molar-refractivity contribution in [1.29, 1.82) is 0 Å². The van der Waals surface area contributed by atoms with Crippen LogP contribution in [0, 0.1) is 23.7 Å². The molecule has 3 fully saturated rings. The van der Waals surface area contributed by atoms with Crippen molar-refractivity contribution in [3.8, 4) is 0 Å². The second-order valence-corrected chi connectivity index (χ2v) is 8.43. The molecule has 7 nitrogen and oxygen atoms in total. The van der Waals surface area contributed by atoms with E-state index in [1.165, 1.54) is 44.9 Å². The lowest BCUT2D eigenvalue weighted by atomic mass is 9.80. The molecule has 1 aliphatic heterocycles. The maximum atomic E-state index is 10.6. The van der Waals surface area contributed by atoms with Gasteiger partial charge in [0.1, 0.15) is 12.4 Å². The molecule has 140 valence electrons. The minimum atomic E-state index is -0.835. The Bertz CT molecular complexity index is 551. The van der Waals surface area contributed by atoms with Crippen LogP contribution in [0.5, 0.6) is 0 Å². The lowest BCUT2D eigenvalue weighted by molar-refractivity contribution is -0.236. The molecule has 3 unspecified atom stereocenters. The summed E-state index contributed by atoms with van der Waals surface area (Å²) in [6.07, 6.45) is 9.38. The van der Waals surface area contributed by atoms with Gasteiger partial charge in [-0.05, 0) is 41.0 Å². The molecule has 25 heavy (non-hydrogen) atoms. The van der Waals surface area contributed by atoms with E-state index in [4.69, 9.17) is 4.74 Å². The second kappa shape index (κ2) is 7.29. The van der Waals surface area contributed by atoms with Crippen LogP contribution < -0.4 is 0 Å². The van der Waals surface area contributed by atoms with Gasteiger partial charge in [-0.25, -0.2) is 4.68 Å². The van der Waals surface area contributed by atoms with E-state index in [2.05, 4.69) is 15.5 Å². The van der Waals surface area contributed by atoms with Crippen LogP contribution in [0.15, 0.2) is 6.33 Å². The Labute approximate surface area is 148 Å². The highest BCUT2D eigenvalue weighted by Gasteiger charge is 2.47. The average Bonchev–Trinajstić information content (AvgIpc) is 3.23. The van der Waals surface area contributed by atoms with Gasteiger partial charge in [0.05, 0.1) is 12.2 Å². The second-order valence-electron chi connectivity index (χ2n) is 8.43. The molecule has 0 spiro atoms. The van der Waals surface area contributed by atoms with Crippen molar-refractivity contribution in [3.05, 3.63) is 6.33 Å². The topological polar surface area (TPSA) is 93.3 Å². The Balaban J connectivity index is 1.38. The van der Waals surface area contributed by atoms with E-state index < -0.39 is 18.4 Å². The first-order chi connectivity index (χ1) is 12.1. The molecule has 0 amide bonds. The molecule has 1 aromatic rings. The van der Waals surface area contributed by atoms with E-state index in [1.807, 2.05) is 6.92 Å². The minimum absolute atomic E-state index is 0.259. The summed E-state index contributed by atoms with van der Waals surface area (Å²) in [5.74, 6) is 1.75. The molecule has 2 N–H and O–H groups in total. The third-order valence-electron chi connectivity index (χ3n) is 6.85. The van der Waals surface area contributed by atoms with Gasteiger partial charge >= 0.3 is 0 Å². The maximum Gasteiger partial charge on any atom is 0.159 e. The van der Waals surface area contributed by atoms with E-state index in [0.29, 0.717) is 5.92 Å². The molecule has 0 radical (unpaired) electrons. The van der Waals surface area contributed by atoms with Crippen molar-refractivity contribution in [2.24, 2.45) is 23.7 Å². The third-order valence-corrected chi connectivity index (χ3v) is 6.85. The highest BCUT2D eigenvalue weighted by atomic mass is 16.5. The van der Waals surface area contributed by atoms with Gasteiger partial charge in [0.2, 0.25) is 0 Å². The van der Waals surface area contributed by atoms with E-state index >= 15 is 0 Å². The fourth-order valence-electron chi connectivity index (χ4n) is 4.94. The smallest absolute Gasteiger partial charge is 0.159 e. The third kappa shape index (κ3) is 3.46. The van der Waals surface area contributed by atoms with Gasteiger partial charge in [-0.3, -0.25) is 0 Å². The number of hydrogen-bond donors (Lipinski definition) is 2. The lowest BCUT2D eigenvalue weighted by Crippen LogP contribution is -2.54. The van der Waals surface area contributed by atoms with E-state index in [-0.39, 0.29) is 12.0 Å². The zero-order chi connectivity index (χ0) is 17.4. The predicted molar refractivity (Wildman–Crippen MR) is 90.3 cm³/mol. The van der Waals surface area contributed by atoms with E-state index in [1.54, 1.807) is 4.68 Å². The van der Waals surface area contributed by atoms with Crippen LogP contribution in [0.4, 0.5) is 0 Å². The summed E-state index contributed by atoms with van der Waals surface area (Å²) in [6, 6.07) is 0. The number of ether oxygens (including phenoxy) is 1. The Hall–Kier alpha value is -1.05. The van der Waals surface area contributed by atoms with Crippen LogP contribution in [0.25, 0.3) is 0 Å². The normalized spacial score (nSPS) is 42.4. The van der Waals surface area contributed by atoms with Crippen molar-refractivity contribution < 1.29 is 14.9 Å². The summed E-state index contributed by atoms with van der Waals surface area (Å²) in [5, 5.41) is 32.4. The lowest BCUT2D eigenvalue weighted by Gasteiger charge is -2.43. The average molecular weight is 350 g/mol. The number of tetrazole rings is 1. The number of rotatable bonds is 5. The van der Waals surface area contributed by atoms with Crippen molar-refractivity contribution in [2.75, 3.05) is 0 Å². The molecule has 1 aromatic heterocycles. The zero-order valence-electron chi connectivity index (χ0n) is 14.9. The molecule has 0 bridgehead atoms. The van der Waals surface area contributed by atoms with Gasteiger partial charge in [-0.1, -0.05) is 45.4 Å². The van der Waals surface area contributed by atoms with Gasteiger partial charge < -0.3 is 14.9 Å². The Morgan fingerprint density at radius 3 is 2.56 bits per heavy atom. The summed E-state index contributed by atoms with van der Waals surface area (Å²) < 4.78 is 7.78. The largest absolute Gasteiger partial charge is 0.390 e. The molecule has 2 aliphatic carbocycles. The van der Waals surface area contributed by atoms with Crippen LogP contribution in [0.2, 0.25) is 0 Å². The zero-order valence-corrected chi connectivity index (χ0v) is 14.9. The first kappa shape index (κ1) is 17.4. The number of nitrogens with zero attached hydrogens (tertiary/aromatic N) is 4. The fourth-order valence-corrected chi connectivity index (χ4v) is 4.94. The van der Waals surface area contributed by atoms with Crippen LogP contribution in [0.1, 0.15) is 64.5 Å². The number of aromatic nitrogens is 4. The quantitative estimate of drug-likeness (QED) is 0.843. The SMILES string of the molecule is C[C@@H]1C(n2cnnn2)O[C@H](C2CCC(CCC3CCC3)C2)[C@H](O)[C@@H]1O. The van der Waals surface area contributed by atoms with Gasteiger partial charge in [0.15, 0.2) is 6.23 Å². The van der Waals surface area contributed by atoms with Crippen molar-refractivity contribution >= 4 is 0 Å². The molecule has 1 saturated heterocycles. The van der Waals surface area contributed by atoms with Crippen LogP contribution in [0.3, 0.4) is 0 Å². The number of aliphatic hydroxyl groups is 2. The van der Waals surface area contributed by atoms with Crippen molar-refractivity contribution in [3.63, 3.8) is 0 Å². The summed E-state index contributed by atoms with van der Waals surface area (Å²) in [7, 11) is 0. The Morgan fingerprint density at radius 2 is 1.88 bits per heavy atom. The van der Waals surface area contributed by atoms with E-state index in [0.717, 1.165) is 24.7 Å². The highest BCUT2D eigenvalue weighted by Crippen LogP contribution is 2.44. The van der Waals surface area contributed by atoms with Crippen LogP contribution in [-0.2, 0) is 4.74 Å². The minimum Gasteiger partial charge on any atom is -0.390 e. The van der Waals surface area contributed by atoms with Gasteiger partial charge in [0.25, 0.3) is 0 Å². The Kier molecular flexibility index (Phi) is 5.06. The molecule has 7 atom stereocenters. The molecule has 2 saturated carbocycles. The Morgan fingerprint density at radius 1 is 1.08 bits per heavy atom. The molecular weight excluding hydrogens is 320 g/mol. The molecule has 2 heterocycles. The first-order valence-corrected chi connectivity index (χ1v) is 9.87. The van der Waals surface area contributed by atoms with Crippen molar-refractivity contribution in [2.45, 2.75) is 82.8 Å². The van der Waals surface area contributed by atoms with Crippen LogP contribution in [-0.4, -0.2) is 48.7 Å². The maximum absolute atomic E-state index is 10.6. The number of hydrogen-bond acceptors (Lipinski definition) is 6. The summed E-state index contributed by atoms with van der Waals surface area (Å²) >= 11 is 0. The molecular formula is C18H30N4O3. The standard InChI is InChI=1S/C18H30N4O3/c1-11-15(23)16(24)17(25-18(11)22-10-19-20-21-22)14-8-7-13(9-14)6-5-12-3-2-4-12/h10-18,23-24H,2-9H2,1H3/t11-,13?,14?,15+,16+,17+,18?/m0/s1. The van der Waals surface area contributed by atoms with Gasteiger partial charge in [-0.2, -0.15) is 0 Å². The van der Waals surface area contributed by atoms with E-state index in [9.17, 15) is 10.2 Å². The molecule has 7 heteroatoms. The first-order valence-electron chi connectivity index (χ1n) is 9.87. The number of aliphatic hydroxyl groups excluding tert-OH is 2. The van der Waals surface area contributed by atoms with Gasteiger partial charge in [0, 0.05) is 5.92 Å². The van der Waals surface area contributed by atoms with Crippen molar-refractivity contribution in [1.82, 2.24) is 20.2 Å². The van der Waals surface area contributed by atoms with Crippen LogP contribution >= 0.6 is 0 Å². The molecule has 3 aliphatic rings. The van der Waals surface area contributed by atoms with Gasteiger partial charge in [-0.15, -0.1) is 5.10 Å². The predicted octanol–water partition coefficient (Wildman–Crippen LogP) is 1.92. The summed E-state index contributed by atoms with van der Waals surface area (Å²) in [6.45, 7) is 1.87.